The van der Waals surface area contributed by atoms with Crippen molar-refractivity contribution in [3.05, 3.63) is 35.7 Å². The highest BCUT2D eigenvalue weighted by Gasteiger charge is 2.21. The van der Waals surface area contributed by atoms with Gasteiger partial charge in [0.25, 0.3) is 0 Å². The molecular weight excluding hydrogens is 220 g/mol. The van der Waals surface area contributed by atoms with Crippen LogP contribution in [0, 0.1) is 11.8 Å². The zero-order chi connectivity index (χ0) is 13.1. The second-order valence-corrected chi connectivity index (χ2v) is 5.62. The summed E-state index contributed by atoms with van der Waals surface area (Å²) in [5.41, 5.74) is 3.42. The van der Waals surface area contributed by atoms with Crippen molar-refractivity contribution in [2.75, 3.05) is 6.54 Å². The molecule has 2 rings (SSSR count). The first-order chi connectivity index (χ1) is 8.59. The van der Waals surface area contributed by atoms with Crippen LogP contribution in [0.1, 0.15) is 45.0 Å². The SMILES string of the molecule is CC(C)C(c1cccc(C2=CCN=C2)n1)C(C)C. The Morgan fingerprint density at radius 3 is 2.33 bits per heavy atom. The van der Waals surface area contributed by atoms with E-state index in [2.05, 4.69) is 57.0 Å². The second-order valence-electron chi connectivity index (χ2n) is 5.62. The third-order valence-corrected chi connectivity index (χ3v) is 3.49. The van der Waals surface area contributed by atoms with E-state index in [-0.39, 0.29) is 0 Å². The van der Waals surface area contributed by atoms with Crippen molar-refractivity contribution in [2.24, 2.45) is 16.8 Å². The number of pyridine rings is 1. The van der Waals surface area contributed by atoms with E-state index in [1.807, 2.05) is 6.21 Å². The van der Waals surface area contributed by atoms with Crippen LogP contribution in [0.2, 0.25) is 0 Å². The molecule has 2 heteroatoms. The molecule has 0 N–H and O–H groups in total. The van der Waals surface area contributed by atoms with Gasteiger partial charge in [0.1, 0.15) is 0 Å². The summed E-state index contributed by atoms with van der Waals surface area (Å²) in [7, 11) is 0. The second kappa shape index (κ2) is 5.47. The molecule has 2 heterocycles. The number of rotatable bonds is 4. The van der Waals surface area contributed by atoms with Gasteiger partial charge in [0.2, 0.25) is 0 Å². The maximum absolute atomic E-state index is 4.84. The average molecular weight is 242 g/mol. The van der Waals surface area contributed by atoms with Crippen LogP contribution >= 0.6 is 0 Å². The summed E-state index contributed by atoms with van der Waals surface area (Å²) in [6.07, 6.45) is 4.05. The maximum atomic E-state index is 4.84. The lowest BCUT2D eigenvalue weighted by Gasteiger charge is -2.24. The molecule has 1 aliphatic heterocycles. The Morgan fingerprint density at radius 1 is 1.06 bits per heavy atom. The first-order valence-electron chi connectivity index (χ1n) is 6.77. The summed E-state index contributed by atoms with van der Waals surface area (Å²) >= 11 is 0. The molecule has 0 bridgehead atoms. The zero-order valence-electron chi connectivity index (χ0n) is 11.7. The van der Waals surface area contributed by atoms with Crippen molar-refractivity contribution >= 4 is 11.8 Å². The molecule has 1 aromatic heterocycles. The lowest BCUT2D eigenvalue weighted by Crippen LogP contribution is -2.15. The van der Waals surface area contributed by atoms with E-state index >= 15 is 0 Å². The summed E-state index contributed by atoms with van der Waals surface area (Å²) in [6.45, 7) is 9.88. The van der Waals surface area contributed by atoms with Crippen molar-refractivity contribution in [2.45, 2.75) is 33.6 Å². The molecule has 0 aromatic carbocycles. The maximum Gasteiger partial charge on any atom is 0.0718 e. The van der Waals surface area contributed by atoms with Crippen LogP contribution in [0.5, 0.6) is 0 Å². The topological polar surface area (TPSA) is 25.2 Å². The minimum absolute atomic E-state index is 0.517. The summed E-state index contributed by atoms with van der Waals surface area (Å²) in [4.78, 5) is 9.07. The van der Waals surface area contributed by atoms with E-state index in [1.165, 1.54) is 5.69 Å². The molecule has 2 nitrogen and oxygen atoms in total. The summed E-state index contributed by atoms with van der Waals surface area (Å²) in [5.74, 6) is 1.74. The molecule has 1 aliphatic rings. The van der Waals surface area contributed by atoms with E-state index in [1.54, 1.807) is 0 Å². The fourth-order valence-electron chi connectivity index (χ4n) is 2.78. The van der Waals surface area contributed by atoms with E-state index in [9.17, 15) is 0 Å². The minimum Gasteiger partial charge on any atom is -0.288 e. The third-order valence-electron chi connectivity index (χ3n) is 3.49. The molecule has 1 aromatic rings. The lowest BCUT2D eigenvalue weighted by molar-refractivity contribution is 0.380. The van der Waals surface area contributed by atoms with Gasteiger partial charge in [-0.2, -0.15) is 0 Å². The predicted molar refractivity (Wildman–Crippen MR) is 78.0 cm³/mol. The number of hydrogen-bond donors (Lipinski definition) is 0. The van der Waals surface area contributed by atoms with E-state index in [4.69, 9.17) is 4.98 Å². The highest BCUT2D eigenvalue weighted by atomic mass is 14.8. The van der Waals surface area contributed by atoms with Crippen molar-refractivity contribution < 1.29 is 0 Å². The van der Waals surface area contributed by atoms with Gasteiger partial charge in [0, 0.05) is 23.4 Å². The van der Waals surface area contributed by atoms with E-state index in [0.717, 1.165) is 17.8 Å². The number of allylic oxidation sites excluding steroid dienone is 1. The quantitative estimate of drug-likeness (QED) is 0.785. The van der Waals surface area contributed by atoms with Gasteiger partial charge >= 0.3 is 0 Å². The Balaban J connectivity index is 2.34. The van der Waals surface area contributed by atoms with Crippen LogP contribution in [-0.2, 0) is 0 Å². The fraction of sp³-hybridized carbons (Fsp3) is 0.500. The van der Waals surface area contributed by atoms with Crippen molar-refractivity contribution in [3.8, 4) is 0 Å². The van der Waals surface area contributed by atoms with Gasteiger partial charge in [0.05, 0.1) is 12.2 Å². The number of hydrogen-bond acceptors (Lipinski definition) is 2. The van der Waals surface area contributed by atoms with Crippen LogP contribution < -0.4 is 0 Å². The first-order valence-corrected chi connectivity index (χ1v) is 6.77. The van der Waals surface area contributed by atoms with Crippen LogP contribution in [-0.4, -0.2) is 17.7 Å². The standard InChI is InChI=1S/C16H22N2/c1-11(2)16(12(3)4)15-7-5-6-14(18-15)13-8-9-17-10-13/h5-8,10-12,16H,9H2,1-4H3. The summed E-state index contributed by atoms with van der Waals surface area (Å²) < 4.78 is 0. The van der Waals surface area contributed by atoms with Gasteiger partial charge in [0.15, 0.2) is 0 Å². The number of aliphatic imine (C=N–C) groups is 1. The van der Waals surface area contributed by atoms with E-state index in [0.29, 0.717) is 17.8 Å². The van der Waals surface area contributed by atoms with Crippen molar-refractivity contribution in [3.63, 3.8) is 0 Å². The number of nitrogens with zero attached hydrogens (tertiary/aromatic N) is 2. The average Bonchev–Trinajstić information content (AvgIpc) is 2.81. The minimum atomic E-state index is 0.517. The molecular formula is C16H22N2. The lowest BCUT2D eigenvalue weighted by atomic mass is 9.82. The summed E-state index contributed by atoms with van der Waals surface area (Å²) in [5, 5.41) is 0. The largest absolute Gasteiger partial charge is 0.288 e. The Bertz CT molecular complexity index is 462. The molecule has 0 aliphatic carbocycles. The molecule has 0 saturated heterocycles. The molecule has 18 heavy (non-hydrogen) atoms. The Hall–Kier alpha value is -1.44. The van der Waals surface area contributed by atoms with Crippen molar-refractivity contribution in [1.82, 2.24) is 4.98 Å². The molecule has 0 radical (unpaired) electrons. The molecule has 0 spiro atoms. The monoisotopic (exact) mass is 242 g/mol. The highest BCUT2D eigenvalue weighted by molar-refractivity contribution is 6.10. The molecule has 0 unspecified atom stereocenters. The third kappa shape index (κ3) is 2.69. The van der Waals surface area contributed by atoms with Crippen LogP contribution in [0.15, 0.2) is 29.3 Å². The van der Waals surface area contributed by atoms with Crippen LogP contribution in [0.4, 0.5) is 0 Å². The van der Waals surface area contributed by atoms with Gasteiger partial charge in [-0.3, -0.25) is 9.98 Å². The Labute approximate surface area is 110 Å². The first kappa shape index (κ1) is 13.0. The van der Waals surface area contributed by atoms with Gasteiger partial charge < -0.3 is 0 Å². The van der Waals surface area contributed by atoms with Crippen LogP contribution in [0.3, 0.4) is 0 Å². The smallest absolute Gasteiger partial charge is 0.0718 e. The summed E-state index contributed by atoms with van der Waals surface area (Å²) in [6, 6.07) is 6.34. The number of aromatic nitrogens is 1. The fourth-order valence-corrected chi connectivity index (χ4v) is 2.78. The van der Waals surface area contributed by atoms with Gasteiger partial charge in [-0.1, -0.05) is 39.8 Å². The molecule has 0 amide bonds. The zero-order valence-corrected chi connectivity index (χ0v) is 11.7. The Kier molecular flexibility index (Phi) is 3.95. The van der Waals surface area contributed by atoms with Crippen LogP contribution in [0.25, 0.3) is 5.57 Å². The van der Waals surface area contributed by atoms with Gasteiger partial charge in [-0.05, 0) is 24.0 Å². The normalized spacial score (nSPS) is 14.9. The van der Waals surface area contributed by atoms with E-state index < -0.39 is 0 Å². The molecule has 96 valence electrons. The highest BCUT2D eigenvalue weighted by Crippen LogP contribution is 2.31. The predicted octanol–water partition coefficient (Wildman–Crippen LogP) is 3.95. The van der Waals surface area contributed by atoms with Gasteiger partial charge in [-0.25, -0.2) is 0 Å². The molecule has 0 atom stereocenters. The van der Waals surface area contributed by atoms with Crippen molar-refractivity contribution in [1.29, 1.82) is 0 Å². The molecule has 0 saturated carbocycles. The molecule has 0 fully saturated rings. The van der Waals surface area contributed by atoms with Gasteiger partial charge in [-0.15, -0.1) is 0 Å². The Morgan fingerprint density at radius 2 is 1.78 bits per heavy atom.